The van der Waals surface area contributed by atoms with Gasteiger partial charge in [-0.2, -0.15) is 18.3 Å². The van der Waals surface area contributed by atoms with Crippen molar-refractivity contribution in [3.8, 4) is 0 Å². The number of carboxylic acids is 2. The fourth-order valence-corrected chi connectivity index (χ4v) is 1.68. The van der Waals surface area contributed by atoms with Gasteiger partial charge in [0.15, 0.2) is 0 Å². The highest BCUT2D eigenvalue weighted by molar-refractivity contribution is 5.94. The van der Waals surface area contributed by atoms with E-state index in [0.717, 1.165) is 10.7 Å². The summed E-state index contributed by atoms with van der Waals surface area (Å²) in [6, 6.07) is 5.30. The van der Waals surface area contributed by atoms with E-state index in [1.165, 1.54) is 24.4 Å². The Balaban J connectivity index is 0.000000243. The molecule has 0 saturated heterocycles. The molecule has 1 heterocycles. The summed E-state index contributed by atoms with van der Waals surface area (Å²) in [5, 5.41) is 20.6. The van der Waals surface area contributed by atoms with Crippen molar-refractivity contribution in [3.05, 3.63) is 47.2 Å². The van der Waals surface area contributed by atoms with Crippen molar-refractivity contribution in [2.24, 2.45) is 0 Å². The van der Waals surface area contributed by atoms with E-state index in [0.29, 0.717) is 5.56 Å². The van der Waals surface area contributed by atoms with E-state index < -0.39 is 24.7 Å². The van der Waals surface area contributed by atoms with E-state index >= 15 is 0 Å². The van der Waals surface area contributed by atoms with Crippen molar-refractivity contribution >= 4 is 17.8 Å². The molecule has 0 bridgehead atoms. The number of carbonyl (C=O) groups is 2. The van der Waals surface area contributed by atoms with E-state index in [1.54, 1.807) is 6.92 Å². The normalized spacial score (nSPS) is 10.7. The van der Waals surface area contributed by atoms with Gasteiger partial charge in [0.2, 0.25) is 0 Å². The van der Waals surface area contributed by atoms with Crippen LogP contribution in [0.2, 0.25) is 0 Å². The first-order valence-electron chi connectivity index (χ1n) is 6.42. The van der Waals surface area contributed by atoms with Crippen molar-refractivity contribution in [1.82, 2.24) is 9.78 Å². The molecule has 2 aromatic rings. The minimum absolute atomic E-state index is 0.00241. The van der Waals surface area contributed by atoms with Gasteiger partial charge in [-0.05, 0) is 36.8 Å². The second-order valence-corrected chi connectivity index (χ2v) is 4.75. The Hall–Kier alpha value is -3.04. The molecule has 1 aromatic carbocycles. The van der Waals surface area contributed by atoms with Crippen LogP contribution in [0.25, 0.3) is 0 Å². The zero-order valence-electron chi connectivity index (χ0n) is 12.4. The number of nitrogens with zero attached hydrogens (tertiary/aromatic N) is 2. The number of anilines is 1. The van der Waals surface area contributed by atoms with E-state index in [4.69, 9.17) is 15.9 Å². The lowest BCUT2D eigenvalue weighted by molar-refractivity contribution is -0.142. The van der Waals surface area contributed by atoms with Gasteiger partial charge in [-0.1, -0.05) is 0 Å². The molecule has 24 heavy (non-hydrogen) atoms. The van der Waals surface area contributed by atoms with Gasteiger partial charge in [0.1, 0.15) is 12.4 Å². The number of alkyl halides is 3. The predicted molar refractivity (Wildman–Crippen MR) is 77.8 cm³/mol. The number of aryl methyl sites for hydroxylation is 1. The second kappa shape index (κ2) is 7.49. The van der Waals surface area contributed by atoms with Crippen LogP contribution < -0.4 is 5.73 Å². The van der Waals surface area contributed by atoms with Crippen LogP contribution in [0.5, 0.6) is 0 Å². The van der Waals surface area contributed by atoms with Crippen LogP contribution in [0.4, 0.5) is 19.0 Å². The highest BCUT2D eigenvalue weighted by atomic mass is 19.4. The van der Waals surface area contributed by atoms with Crippen LogP contribution in [-0.2, 0) is 6.54 Å². The predicted octanol–water partition coefficient (Wildman–Crippen LogP) is 2.42. The number of rotatable bonds is 3. The Morgan fingerprint density at radius 2 is 1.67 bits per heavy atom. The number of nitrogen functional groups attached to an aromatic ring is 1. The van der Waals surface area contributed by atoms with Gasteiger partial charge in [-0.3, -0.25) is 4.68 Å². The third kappa shape index (κ3) is 6.38. The van der Waals surface area contributed by atoms with Crippen LogP contribution in [0.1, 0.15) is 26.3 Å². The van der Waals surface area contributed by atoms with Crippen molar-refractivity contribution in [3.63, 3.8) is 0 Å². The molecular formula is C14H14F3N3O4. The largest absolute Gasteiger partial charge is 0.478 e. The minimum atomic E-state index is -4.24. The van der Waals surface area contributed by atoms with E-state index in [9.17, 15) is 22.8 Å². The molecule has 0 aliphatic heterocycles. The highest BCUT2D eigenvalue weighted by Crippen LogP contribution is 2.17. The fraction of sp³-hybridized carbons (Fsp3) is 0.214. The fourth-order valence-electron chi connectivity index (χ4n) is 1.68. The summed E-state index contributed by atoms with van der Waals surface area (Å²) in [5.41, 5.74) is 5.72. The summed E-state index contributed by atoms with van der Waals surface area (Å²) in [6.07, 6.45) is -3.05. The van der Waals surface area contributed by atoms with Crippen LogP contribution in [0.3, 0.4) is 0 Å². The Kier molecular flexibility index (Phi) is 5.93. The maximum absolute atomic E-state index is 11.6. The summed E-state index contributed by atoms with van der Waals surface area (Å²) in [4.78, 5) is 21.1. The summed E-state index contributed by atoms with van der Waals surface area (Å²) in [5.74, 6) is -2.15. The standard InChI is InChI=1S/C9H8O4.C5H6F3N3/c1-5-2-6(8(10)11)4-7(3-5)9(12)13;6-5(7,8)3-11-2-1-4(9)10-11/h2-4H,1H3,(H,10,11)(H,12,13);1-2H,3H2,(H2,9,10). The number of hydrogen-bond acceptors (Lipinski definition) is 4. The first-order valence-corrected chi connectivity index (χ1v) is 6.42. The molecule has 0 atom stereocenters. The van der Waals surface area contributed by atoms with Gasteiger partial charge < -0.3 is 15.9 Å². The number of nitrogens with two attached hydrogens (primary N) is 1. The number of halogens is 3. The molecule has 0 unspecified atom stereocenters. The topological polar surface area (TPSA) is 118 Å². The molecular weight excluding hydrogens is 331 g/mol. The molecule has 0 aliphatic carbocycles. The number of aromatic carboxylic acids is 2. The van der Waals surface area contributed by atoms with Crippen molar-refractivity contribution in [2.45, 2.75) is 19.6 Å². The summed E-state index contributed by atoms with van der Waals surface area (Å²) >= 11 is 0. The van der Waals surface area contributed by atoms with Crippen molar-refractivity contribution in [2.75, 3.05) is 5.73 Å². The van der Waals surface area contributed by atoms with Gasteiger partial charge in [0.05, 0.1) is 11.1 Å². The maximum atomic E-state index is 11.6. The zero-order valence-corrected chi connectivity index (χ0v) is 12.4. The molecule has 0 spiro atoms. The number of carboxylic acid groups (broad SMARTS) is 2. The van der Waals surface area contributed by atoms with E-state index in [-0.39, 0.29) is 16.9 Å². The second-order valence-electron chi connectivity index (χ2n) is 4.75. The number of aromatic nitrogens is 2. The Labute approximate surface area is 134 Å². The van der Waals surface area contributed by atoms with Gasteiger partial charge in [-0.15, -0.1) is 0 Å². The monoisotopic (exact) mass is 345 g/mol. The lowest BCUT2D eigenvalue weighted by atomic mass is 10.1. The Morgan fingerprint density at radius 3 is 2.00 bits per heavy atom. The van der Waals surface area contributed by atoms with Crippen LogP contribution >= 0.6 is 0 Å². The van der Waals surface area contributed by atoms with Crippen molar-refractivity contribution in [1.29, 1.82) is 0 Å². The van der Waals surface area contributed by atoms with Gasteiger partial charge in [0.25, 0.3) is 0 Å². The molecule has 4 N–H and O–H groups in total. The highest BCUT2D eigenvalue weighted by Gasteiger charge is 2.28. The molecule has 130 valence electrons. The van der Waals surface area contributed by atoms with E-state index in [2.05, 4.69) is 5.10 Å². The quantitative estimate of drug-likeness (QED) is 0.786. The molecule has 1 aromatic heterocycles. The molecule has 0 amide bonds. The summed E-state index contributed by atoms with van der Waals surface area (Å²) in [7, 11) is 0. The third-order valence-corrected chi connectivity index (χ3v) is 2.57. The van der Waals surface area contributed by atoms with Crippen molar-refractivity contribution < 1.29 is 33.0 Å². The average molecular weight is 345 g/mol. The molecule has 0 fully saturated rings. The number of benzene rings is 1. The van der Waals surface area contributed by atoms with Crippen LogP contribution in [0, 0.1) is 6.92 Å². The lowest BCUT2D eigenvalue weighted by Gasteiger charge is -2.04. The van der Waals surface area contributed by atoms with Crippen LogP contribution in [-0.4, -0.2) is 38.1 Å². The summed E-state index contributed by atoms with van der Waals surface area (Å²) in [6.45, 7) is 0.559. The first-order chi connectivity index (χ1) is 11.0. The molecule has 7 nitrogen and oxygen atoms in total. The lowest BCUT2D eigenvalue weighted by Crippen LogP contribution is -2.18. The Morgan fingerprint density at radius 1 is 1.17 bits per heavy atom. The van der Waals surface area contributed by atoms with Crippen LogP contribution in [0.15, 0.2) is 30.5 Å². The maximum Gasteiger partial charge on any atom is 0.408 e. The minimum Gasteiger partial charge on any atom is -0.478 e. The summed E-state index contributed by atoms with van der Waals surface area (Å²) < 4.78 is 35.7. The molecule has 0 aliphatic rings. The van der Waals surface area contributed by atoms with E-state index in [1.807, 2.05) is 0 Å². The Bertz CT molecular complexity index is 709. The molecule has 0 radical (unpaired) electrons. The number of hydrogen-bond donors (Lipinski definition) is 3. The molecule has 0 saturated carbocycles. The zero-order chi connectivity index (χ0) is 18.5. The smallest absolute Gasteiger partial charge is 0.408 e. The SMILES string of the molecule is Cc1cc(C(=O)O)cc(C(=O)O)c1.Nc1ccn(CC(F)(F)F)n1. The third-order valence-electron chi connectivity index (χ3n) is 2.57. The molecule has 10 heteroatoms. The van der Waals surface area contributed by atoms with Gasteiger partial charge in [0, 0.05) is 6.20 Å². The van der Waals surface area contributed by atoms with Gasteiger partial charge >= 0.3 is 18.1 Å². The molecule has 2 rings (SSSR count). The van der Waals surface area contributed by atoms with Gasteiger partial charge in [-0.25, -0.2) is 9.59 Å². The first kappa shape index (κ1) is 19.0. The average Bonchev–Trinajstić information content (AvgIpc) is 2.81.